The predicted molar refractivity (Wildman–Crippen MR) is 55.1 cm³/mol. The van der Waals surface area contributed by atoms with Gasteiger partial charge in [0.05, 0.1) is 11.9 Å². The van der Waals surface area contributed by atoms with Gasteiger partial charge in [-0.1, -0.05) is 17.3 Å². The van der Waals surface area contributed by atoms with Crippen LogP contribution in [0.5, 0.6) is 0 Å². The van der Waals surface area contributed by atoms with E-state index < -0.39 is 0 Å². The van der Waals surface area contributed by atoms with E-state index in [1.54, 1.807) is 10.9 Å². The molecule has 2 aromatic rings. The fraction of sp³-hybridized carbons (Fsp3) is 0.200. The molecule has 15 heavy (non-hydrogen) atoms. The summed E-state index contributed by atoms with van der Waals surface area (Å²) in [6.45, 7) is 2.30. The fourth-order valence-electron chi connectivity index (χ4n) is 1.35. The maximum absolute atomic E-state index is 4.96. The molecule has 0 atom stereocenters. The average molecular weight is 204 g/mol. The van der Waals surface area contributed by atoms with E-state index in [1.165, 1.54) is 5.56 Å². The third-order valence-electron chi connectivity index (χ3n) is 2.04. The zero-order valence-corrected chi connectivity index (χ0v) is 8.42. The highest BCUT2D eigenvalue weighted by atomic mass is 16.6. The molecule has 2 rings (SSSR count). The first kappa shape index (κ1) is 9.82. The predicted octanol–water partition coefficient (Wildman–Crippen LogP) is 0.966. The summed E-state index contributed by atoms with van der Waals surface area (Å²) in [4.78, 5) is 4.48. The van der Waals surface area contributed by atoms with Gasteiger partial charge >= 0.3 is 0 Å². The number of hydrogen-bond donors (Lipinski definition) is 1. The maximum atomic E-state index is 4.96. The molecule has 1 aromatic carbocycles. The van der Waals surface area contributed by atoms with Gasteiger partial charge in [0, 0.05) is 0 Å². The van der Waals surface area contributed by atoms with Crippen LogP contribution in [0.3, 0.4) is 0 Å². The minimum absolute atomic E-state index is 0.270. The van der Waals surface area contributed by atoms with Crippen molar-refractivity contribution in [2.75, 3.05) is 0 Å². The zero-order valence-electron chi connectivity index (χ0n) is 8.42. The van der Waals surface area contributed by atoms with Gasteiger partial charge in [-0.05, 0) is 24.6 Å². The molecule has 78 valence electrons. The Bertz CT molecular complexity index is 452. The van der Waals surface area contributed by atoms with Crippen LogP contribution in [-0.4, -0.2) is 15.0 Å². The summed E-state index contributed by atoms with van der Waals surface area (Å²) in [5.41, 5.74) is 2.87. The fourth-order valence-corrected chi connectivity index (χ4v) is 1.35. The van der Waals surface area contributed by atoms with Crippen molar-refractivity contribution < 1.29 is 4.84 Å². The van der Waals surface area contributed by atoms with Gasteiger partial charge in [0.1, 0.15) is 12.3 Å². The molecule has 5 heteroatoms. The van der Waals surface area contributed by atoms with E-state index >= 15 is 0 Å². The van der Waals surface area contributed by atoms with Gasteiger partial charge in [0.25, 0.3) is 0 Å². The van der Waals surface area contributed by atoms with E-state index in [0.29, 0.717) is 5.69 Å². The van der Waals surface area contributed by atoms with Crippen LogP contribution < -0.4 is 5.90 Å². The van der Waals surface area contributed by atoms with Crippen molar-refractivity contribution in [3.05, 3.63) is 41.7 Å². The normalized spacial score (nSPS) is 10.5. The third-order valence-corrected chi connectivity index (χ3v) is 2.04. The van der Waals surface area contributed by atoms with Crippen LogP contribution in [0.1, 0.15) is 11.3 Å². The van der Waals surface area contributed by atoms with Gasteiger partial charge in [-0.2, -0.15) is 0 Å². The lowest BCUT2D eigenvalue weighted by Crippen LogP contribution is -1.98. The molecule has 1 aromatic heterocycles. The number of aromatic nitrogens is 3. The Hall–Kier alpha value is -1.72. The highest BCUT2D eigenvalue weighted by Gasteiger charge is 2.02. The smallest absolute Gasteiger partial charge is 0.113 e. The highest BCUT2D eigenvalue weighted by Crippen LogP contribution is 2.09. The molecule has 5 nitrogen and oxygen atoms in total. The van der Waals surface area contributed by atoms with Gasteiger partial charge < -0.3 is 0 Å². The van der Waals surface area contributed by atoms with Crippen molar-refractivity contribution >= 4 is 0 Å². The molecule has 0 spiro atoms. The summed E-state index contributed by atoms with van der Waals surface area (Å²) in [5.74, 6) is 4.96. The van der Waals surface area contributed by atoms with Crippen molar-refractivity contribution in [3.8, 4) is 5.69 Å². The topological polar surface area (TPSA) is 66.0 Å². The molecular weight excluding hydrogens is 192 g/mol. The Morgan fingerprint density at radius 2 is 2.33 bits per heavy atom. The molecule has 0 aliphatic carbocycles. The number of hydrogen-bond acceptors (Lipinski definition) is 4. The van der Waals surface area contributed by atoms with Crippen LogP contribution in [0.2, 0.25) is 0 Å². The lowest BCUT2D eigenvalue weighted by Gasteiger charge is -2.00. The molecule has 0 fully saturated rings. The van der Waals surface area contributed by atoms with Crippen molar-refractivity contribution in [1.29, 1.82) is 0 Å². The summed E-state index contributed by atoms with van der Waals surface area (Å²) in [6.07, 6.45) is 1.79. The lowest BCUT2D eigenvalue weighted by atomic mass is 10.2. The monoisotopic (exact) mass is 204 g/mol. The van der Waals surface area contributed by atoms with Gasteiger partial charge in [-0.15, -0.1) is 5.10 Å². The number of aryl methyl sites for hydroxylation is 1. The summed E-state index contributed by atoms with van der Waals surface area (Å²) in [7, 11) is 0. The first-order valence-corrected chi connectivity index (χ1v) is 4.59. The minimum Gasteiger partial charge on any atom is -0.298 e. The quantitative estimate of drug-likeness (QED) is 0.756. The molecule has 0 amide bonds. The Balaban J connectivity index is 2.29. The zero-order chi connectivity index (χ0) is 10.7. The van der Waals surface area contributed by atoms with Crippen LogP contribution in [0.25, 0.3) is 5.69 Å². The number of benzene rings is 1. The third kappa shape index (κ3) is 2.20. The SMILES string of the molecule is Cc1cccc(-n2cc(CON)nn2)c1. The first-order valence-electron chi connectivity index (χ1n) is 4.59. The van der Waals surface area contributed by atoms with Gasteiger partial charge in [0.2, 0.25) is 0 Å². The Labute approximate surface area is 87.4 Å². The number of rotatable bonds is 3. The second-order valence-electron chi connectivity index (χ2n) is 3.30. The van der Waals surface area contributed by atoms with Crippen molar-refractivity contribution in [3.63, 3.8) is 0 Å². The van der Waals surface area contributed by atoms with Crippen LogP contribution in [-0.2, 0) is 11.4 Å². The molecule has 0 aliphatic rings. The molecule has 0 unspecified atom stereocenters. The molecule has 0 saturated heterocycles. The van der Waals surface area contributed by atoms with E-state index in [-0.39, 0.29) is 6.61 Å². The number of nitrogens with zero attached hydrogens (tertiary/aromatic N) is 3. The second-order valence-corrected chi connectivity index (χ2v) is 3.30. The molecule has 0 aliphatic heterocycles. The van der Waals surface area contributed by atoms with Crippen molar-refractivity contribution in [2.45, 2.75) is 13.5 Å². The summed E-state index contributed by atoms with van der Waals surface area (Å²) >= 11 is 0. The van der Waals surface area contributed by atoms with Crippen LogP contribution >= 0.6 is 0 Å². The molecular formula is C10H12N4O. The lowest BCUT2D eigenvalue weighted by molar-refractivity contribution is 0.121. The largest absolute Gasteiger partial charge is 0.298 e. The molecule has 2 N–H and O–H groups in total. The van der Waals surface area contributed by atoms with E-state index in [9.17, 15) is 0 Å². The highest BCUT2D eigenvalue weighted by molar-refractivity contribution is 5.34. The van der Waals surface area contributed by atoms with Crippen LogP contribution in [0.4, 0.5) is 0 Å². The summed E-state index contributed by atoms with van der Waals surface area (Å²) < 4.78 is 1.70. The molecule has 0 radical (unpaired) electrons. The van der Waals surface area contributed by atoms with Crippen molar-refractivity contribution in [1.82, 2.24) is 15.0 Å². The Morgan fingerprint density at radius 1 is 1.47 bits per heavy atom. The molecule has 1 heterocycles. The van der Waals surface area contributed by atoms with Crippen LogP contribution in [0.15, 0.2) is 30.5 Å². The second kappa shape index (κ2) is 4.20. The summed E-state index contributed by atoms with van der Waals surface area (Å²) in [6, 6.07) is 8.01. The molecule has 0 saturated carbocycles. The van der Waals surface area contributed by atoms with Crippen LogP contribution in [0, 0.1) is 6.92 Å². The number of nitrogens with two attached hydrogens (primary N) is 1. The van der Waals surface area contributed by atoms with E-state index in [0.717, 1.165) is 5.69 Å². The Morgan fingerprint density at radius 3 is 3.07 bits per heavy atom. The van der Waals surface area contributed by atoms with E-state index in [1.807, 2.05) is 31.2 Å². The minimum atomic E-state index is 0.270. The van der Waals surface area contributed by atoms with Gasteiger partial charge in [-0.3, -0.25) is 4.84 Å². The Kier molecular flexibility index (Phi) is 2.75. The van der Waals surface area contributed by atoms with E-state index in [2.05, 4.69) is 15.1 Å². The van der Waals surface area contributed by atoms with Gasteiger partial charge in [-0.25, -0.2) is 10.6 Å². The molecule has 0 bridgehead atoms. The maximum Gasteiger partial charge on any atom is 0.113 e. The van der Waals surface area contributed by atoms with Gasteiger partial charge in [0.15, 0.2) is 0 Å². The van der Waals surface area contributed by atoms with E-state index in [4.69, 9.17) is 5.90 Å². The summed E-state index contributed by atoms with van der Waals surface area (Å²) in [5, 5.41) is 7.90. The van der Waals surface area contributed by atoms with Crippen molar-refractivity contribution in [2.24, 2.45) is 5.90 Å². The average Bonchev–Trinajstić information content (AvgIpc) is 2.67. The standard InChI is InChI=1S/C10H12N4O/c1-8-3-2-4-10(5-8)14-6-9(7-15-11)12-13-14/h2-6H,7,11H2,1H3. The first-order chi connectivity index (χ1) is 7.29.